The molecule has 0 saturated heterocycles. The monoisotopic (exact) mass is 585 g/mol. The van der Waals surface area contributed by atoms with Crippen molar-refractivity contribution in [2.45, 2.75) is 76.2 Å². The number of aryl methyl sites for hydroxylation is 11. The van der Waals surface area contributed by atoms with Crippen LogP contribution in [0.5, 0.6) is 0 Å². The van der Waals surface area contributed by atoms with Gasteiger partial charge in [0.15, 0.2) is 7.28 Å². The standard InChI is InChI=1S/C43H47B2/c1-26-18-31(6)41(32(7)19-26)44-39-16-14-37(29(4)24-39)12-13-38-15-17-40(25-30(38)5)45(42-33(8)20-27(2)21-34(42)9)43-35(10)22-28(3)23-36(43)11/h12-25H,1-11H3/b13-12-. The zero-order valence-electron chi connectivity index (χ0n) is 29.2. The minimum atomic E-state index is 0.190. The molecule has 45 heavy (non-hydrogen) atoms. The van der Waals surface area contributed by atoms with Gasteiger partial charge in [-0.1, -0.05) is 162 Å². The lowest BCUT2D eigenvalue weighted by Gasteiger charge is -2.25. The van der Waals surface area contributed by atoms with Gasteiger partial charge in [-0.2, -0.15) is 0 Å². The van der Waals surface area contributed by atoms with Crippen LogP contribution < -0.4 is 27.3 Å². The molecule has 0 aromatic heterocycles. The quantitative estimate of drug-likeness (QED) is 0.138. The summed E-state index contributed by atoms with van der Waals surface area (Å²) in [6, 6.07) is 27.8. The Kier molecular flexibility index (Phi) is 9.45. The van der Waals surface area contributed by atoms with Gasteiger partial charge in [-0.3, -0.25) is 0 Å². The van der Waals surface area contributed by atoms with Crippen LogP contribution in [0.3, 0.4) is 0 Å². The Hall–Kier alpha value is -4.03. The van der Waals surface area contributed by atoms with Gasteiger partial charge < -0.3 is 0 Å². The van der Waals surface area contributed by atoms with Gasteiger partial charge in [-0.05, 0) is 98.4 Å². The van der Waals surface area contributed by atoms with E-state index in [-0.39, 0.29) is 6.71 Å². The summed E-state index contributed by atoms with van der Waals surface area (Å²) in [7, 11) is 2.32. The molecule has 0 spiro atoms. The first-order valence-corrected chi connectivity index (χ1v) is 16.3. The fourth-order valence-corrected chi connectivity index (χ4v) is 7.58. The van der Waals surface area contributed by atoms with Gasteiger partial charge in [0, 0.05) is 0 Å². The molecule has 0 aliphatic carbocycles. The van der Waals surface area contributed by atoms with E-state index >= 15 is 0 Å². The van der Waals surface area contributed by atoms with Crippen LogP contribution in [0.4, 0.5) is 0 Å². The Morgan fingerprint density at radius 3 is 1.24 bits per heavy atom. The molecule has 0 saturated carbocycles. The largest absolute Gasteiger partial charge is 0.242 e. The van der Waals surface area contributed by atoms with Crippen molar-refractivity contribution in [2.24, 2.45) is 0 Å². The van der Waals surface area contributed by atoms with E-state index in [1.165, 1.54) is 99.6 Å². The molecular weight excluding hydrogens is 538 g/mol. The zero-order chi connectivity index (χ0) is 32.6. The molecule has 5 aromatic carbocycles. The van der Waals surface area contributed by atoms with Gasteiger partial charge in [0.25, 0.3) is 0 Å². The highest BCUT2D eigenvalue weighted by Crippen LogP contribution is 2.17. The second kappa shape index (κ2) is 13.1. The van der Waals surface area contributed by atoms with E-state index in [1.54, 1.807) is 0 Å². The molecule has 0 N–H and O–H groups in total. The predicted octanol–water partition coefficient (Wildman–Crippen LogP) is 7.42. The van der Waals surface area contributed by atoms with Crippen molar-refractivity contribution in [1.82, 2.24) is 0 Å². The van der Waals surface area contributed by atoms with Crippen molar-refractivity contribution in [1.29, 1.82) is 0 Å². The van der Waals surface area contributed by atoms with Crippen molar-refractivity contribution in [3.8, 4) is 0 Å². The van der Waals surface area contributed by atoms with Crippen LogP contribution in [-0.2, 0) is 0 Å². The van der Waals surface area contributed by atoms with Crippen molar-refractivity contribution in [3.05, 3.63) is 145 Å². The third-order valence-corrected chi connectivity index (χ3v) is 9.47. The van der Waals surface area contributed by atoms with E-state index in [1.807, 2.05) is 0 Å². The lowest BCUT2D eigenvalue weighted by molar-refractivity contribution is 1.34. The maximum atomic E-state index is 2.42. The fourth-order valence-electron chi connectivity index (χ4n) is 7.58. The summed E-state index contributed by atoms with van der Waals surface area (Å²) in [5.74, 6) is 0. The van der Waals surface area contributed by atoms with Gasteiger partial charge in [0.1, 0.15) is 0 Å². The smallest absolute Gasteiger partial charge is 0.0811 e. The van der Waals surface area contributed by atoms with Gasteiger partial charge >= 0.3 is 0 Å². The van der Waals surface area contributed by atoms with Crippen LogP contribution >= 0.6 is 0 Å². The number of benzene rings is 5. The van der Waals surface area contributed by atoms with E-state index in [4.69, 9.17) is 0 Å². The topological polar surface area (TPSA) is 0 Å². The molecular formula is C43H47B2. The Bertz CT molecular complexity index is 1810. The molecule has 0 aliphatic rings. The number of hydrogen-bond acceptors (Lipinski definition) is 0. The highest BCUT2D eigenvalue weighted by Gasteiger charge is 2.28. The molecule has 5 rings (SSSR count). The van der Waals surface area contributed by atoms with Crippen LogP contribution in [-0.4, -0.2) is 14.0 Å². The molecule has 0 bridgehead atoms. The summed E-state index contributed by atoms with van der Waals surface area (Å²) < 4.78 is 0. The summed E-state index contributed by atoms with van der Waals surface area (Å²) in [4.78, 5) is 0. The molecule has 0 heterocycles. The first-order valence-electron chi connectivity index (χ1n) is 16.3. The second-order valence-electron chi connectivity index (χ2n) is 13.6. The van der Waals surface area contributed by atoms with Crippen molar-refractivity contribution in [3.63, 3.8) is 0 Å². The molecule has 225 valence electrons. The third kappa shape index (κ3) is 6.96. The summed E-state index contributed by atoms with van der Waals surface area (Å²) in [6.45, 7) is 24.7. The average Bonchev–Trinajstić information content (AvgIpc) is 2.93. The SMILES string of the molecule is Cc1cc(C)c([B]c2ccc(/C=C\c3ccc(B(c4c(C)cc(C)cc4C)c4c(C)cc(C)cc4C)cc3C)c(C)c2)c(C)c1. The normalized spacial score (nSPS) is 11.4. The van der Waals surface area contributed by atoms with Gasteiger partial charge in [-0.25, -0.2) is 0 Å². The van der Waals surface area contributed by atoms with Crippen LogP contribution in [0.1, 0.15) is 72.3 Å². The van der Waals surface area contributed by atoms with E-state index in [0.29, 0.717) is 0 Å². The maximum absolute atomic E-state index is 2.42. The Labute approximate surface area is 274 Å². The number of hydrogen-bond donors (Lipinski definition) is 0. The molecule has 5 aromatic rings. The first kappa shape index (κ1) is 32.4. The van der Waals surface area contributed by atoms with E-state index in [9.17, 15) is 0 Å². The van der Waals surface area contributed by atoms with Crippen molar-refractivity contribution in [2.75, 3.05) is 0 Å². The van der Waals surface area contributed by atoms with Gasteiger partial charge in [0.2, 0.25) is 6.71 Å². The molecule has 1 radical (unpaired) electrons. The fraction of sp³-hybridized carbons (Fsp3) is 0.256. The Balaban J connectivity index is 1.48. The van der Waals surface area contributed by atoms with E-state index < -0.39 is 0 Å². The van der Waals surface area contributed by atoms with E-state index in [2.05, 4.69) is 168 Å². The molecule has 0 amide bonds. The van der Waals surface area contributed by atoms with Gasteiger partial charge in [0.05, 0.1) is 0 Å². The molecule has 0 aliphatic heterocycles. The lowest BCUT2D eigenvalue weighted by Crippen LogP contribution is -2.56. The Morgan fingerprint density at radius 1 is 0.422 bits per heavy atom. The maximum Gasteiger partial charge on any atom is 0.242 e. The van der Waals surface area contributed by atoms with Gasteiger partial charge in [-0.15, -0.1) is 0 Å². The predicted molar refractivity (Wildman–Crippen MR) is 203 cm³/mol. The van der Waals surface area contributed by atoms with Crippen molar-refractivity contribution >= 4 is 53.5 Å². The minimum absolute atomic E-state index is 0.190. The average molecular weight is 585 g/mol. The summed E-state index contributed by atoms with van der Waals surface area (Å²) in [5.41, 5.74) is 24.0. The summed E-state index contributed by atoms with van der Waals surface area (Å²) >= 11 is 0. The van der Waals surface area contributed by atoms with E-state index in [0.717, 1.165) is 0 Å². The summed E-state index contributed by atoms with van der Waals surface area (Å²) in [6.07, 6.45) is 4.54. The zero-order valence-corrected chi connectivity index (χ0v) is 29.2. The molecule has 0 atom stereocenters. The van der Waals surface area contributed by atoms with Crippen molar-refractivity contribution < 1.29 is 0 Å². The minimum Gasteiger partial charge on any atom is -0.0811 e. The Morgan fingerprint density at radius 2 is 0.822 bits per heavy atom. The molecule has 0 nitrogen and oxygen atoms in total. The van der Waals surface area contributed by atoms with Crippen LogP contribution in [0, 0.1) is 76.2 Å². The molecule has 0 fully saturated rings. The molecule has 0 unspecified atom stereocenters. The second-order valence-corrected chi connectivity index (χ2v) is 13.6. The third-order valence-electron chi connectivity index (χ3n) is 9.47. The summed E-state index contributed by atoms with van der Waals surface area (Å²) in [5, 5.41) is 0. The van der Waals surface area contributed by atoms with Crippen LogP contribution in [0.25, 0.3) is 12.2 Å². The lowest BCUT2D eigenvalue weighted by atomic mass is 9.34. The van der Waals surface area contributed by atoms with Crippen LogP contribution in [0.2, 0.25) is 0 Å². The highest BCUT2D eigenvalue weighted by atomic mass is 14.1. The first-order chi connectivity index (χ1) is 21.3. The highest BCUT2D eigenvalue weighted by molar-refractivity contribution is 6.96. The van der Waals surface area contributed by atoms with Crippen LogP contribution in [0.15, 0.2) is 72.8 Å². The molecule has 2 heteroatoms. The number of rotatable bonds is 7.